The highest BCUT2D eigenvalue weighted by Crippen LogP contribution is 2.37. The number of hydrogen-bond acceptors (Lipinski definition) is 8. The Morgan fingerprint density at radius 3 is 1.47 bits per heavy atom. The highest BCUT2D eigenvalue weighted by Gasteiger charge is 2.19. The summed E-state index contributed by atoms with van der Waals surface area (Å²) >= 11 is 0. The van der Waals surface area contributed by atoms with E-state index in [1.54, 1.807) is 12.1 Å². The molecule has 0 saturated heterocycles. The van der Waals surface area contributed by atoms with E-state index >= 15 is 0 Å². The van der Waals surface area contributed by atoms with Gasteiger partial charge in [0.05, 0.1) is 25.6 Å². The molecule has 0 amide bonds. The molecule has 4 rings (SSSR count). The first kappa shape index (κ1) is 24.3. The highest BCUT2D eigenvalue weighted by molar-refractivity contribution is 6.00. The molecule has 2 N–H and O–H groups in total. The first-order chi connectivity index (χ1) is 17.3. The summed E-state index contributed by atoms with van der Waals surface area (Å²) in [6.45, 7) is 7.32. The van der Waals surface area contributed by atoms with Crippen LogP contribution < -0.4 is 9.47 Å². The van der Waals surface area contributed by atoms with Crippen LogP contribution >= 0.6 is 0 Å². The number of aromatic carboxylic acids is 2. The van der Waals surface area contributed by atoms with Crippen LogP contribution in [0.4, 0.5) is 11.4 Å². The number of rotatable bonds is 9. The first-order valence-electron chi connectivity index (χ1n) is 10.7. The topological polar surface area (TPSA) is 144 Å². The molecule has 0 aliphatic carbocycles. The molecule has 4 aromatic rings. The van der Waals surface area contributed by atoms with Gasteiger partial charge in [0.15, 0.2) is 11.4 Å². The van der Waals surface area contributed by atoms with E-state index in [1.165, 1.54) is 26.4 Å². The number of nitrogens with zero attached hydrogens (tertiary/aromatic N) is 4. The van der Waals surface area contributed by atoms with Crippen LogP contribution in [0.5, 0.6) is 11.5 Å². The average Bonchev–Trinajstić information content (AvgIpc) is 2.89. The van der Waals surface area contributed by atoms with E-state index in [-0.39, 0.29) is 11.4 Å². The lowest BCUT2D eigenvalue weighted by atomic mass is 9.98. The van der Waals surface area contributed by atoms with Crippen molar-refractivity contribution in [1.29, 1.82) is 0 Å². The molecule has 182 valence electrons. The van der Waals surface area contributed by atoms with Gasteiger partial charge < -0.3 is 19.7 Å². The Labute approximate surface area is 205 Å². The Kier molecular flexibility index (Phi) is 6.60. The number of fused-ring (bicyclic) bond motifs is 2. The number of methoxy groups -OCH3 is 2. The second kappa shape index (κ2) is 9.79. The number of carboxylic acids is 2. The number of benzene rings is 2. The Bertz CT molecular complexity index is 1450. The molecular formula is C26H22N4O6. The van der Waals surface area contributed by atoms with Gasteiger partial charge in [-0.15, -0.1) is 0 Å². The molecule has 0 atom stereocenters. The number of carbonyl (C=O) groups is 2. The van der Waals surface area contributed by atoms with Crippen molar-refractivity contribution in [3.8, 4) is 11.5 Å². The number of carboxylic acid groups (broad SMARTS) is 2. The maximum absolute atomic E-state index is 11.6. The molecule has 2 aromatic heterocycles. The molecule has 0 unspecified atom stereocenters. The smallest absolute Gasteiger partial charge is 0.354 e. The van der Waals surface area contributed by atoms with Gasteiger partial charge in [-0.1, -0.05) is 12.1 Å². The summed E-state index contributed by atoms with van der Waals surface area (Å²) in [5.74, 6) is -1.62. The van der Waals surface area contributed by atoms with Gasteiger partial charge in [-0.2, -0.15) is 0 Å². The molecule has 10 heteroatoms. The van der Waals surface area contributed by atoms with Gasteiger partial charge in [-0.05, 0) is 49.5 Å². The lowest BCUT2D eigenvalue weighted by Crippen LogP contribution is -2.03. The quantitative estimate of drug-likeness (QED) is 0.326. The Morgan fingerprint density at radius 2 is 1.17 bits per heavy atom. The highest BCUT2D eigenvalue weighted by atomic mass is 16.5. The average molecular weight is 486 g/mol. The molecule has 0 aliphatic rings. The van der Waals surface area contributed by atoms with Crippen LogP contribution in [0.3, 0.4) is 0 Å². The zero-order valence-electron chi connectivity index (χ0n) is 19.6. The number of aryl methyl sites for hydroxylation is 2. The molecule has 0 fully saturated rings. The second-order valence-corrected chi connectivity index (χ2v) is 7.78. The minimum atomic E-state index is -1.18. The van der Waals surface area contributed by atoms with E-state index in [4.69, 9.17) is 9.47 Å². The summed E-state index contributed by atoms with van der Waals surface area (Å²) in [6, 6.07) is 10.1. The van der Waals surface area contributed by atoms with Crippen molar-refractivity contribution in [3.63, 3.8) is 0 Å². The predicted molar refractivity (Wildman–Crippen MR) is 136 cm³/mol. The van der Waals surface area contributed by atoms with Crippen LogP contribution in [0.25, 0.3) is 21.8 Å². The van der Waals surface area contributed by atoms with Crippen LogP contribution in [-0.2, 0) is 12.8 Å². The number of pyridine rings is 2. The Balaban J connectivity index is 1.80. The van der Waals surface area contributed by atoms with Crippen LogP contribution in [-0.4, -0.2) is 59.8 Å². The van der Waals surface area contributed by atoms with Gasteiger partial charge in [0.25, 0.3) is 0 Å². The van der Waals surface area contributed by atoms with Gasteiger partial charge in [-0.3, -0.25) is 9.98 Å². The zero-order chi connectivity index (χ0) is 26.0. The molecular weight excluding hydrogens is 464 g/mol. The summed E-state index contributed by atoms with van der Waals surface area (Å²) in [5, 5.41) is 20.1. The van der Waals surface area contributed by atoms with E-state index < -0.39 is 11.9 Å². The molecule has 10 nitrogen and oxygen atoms in total. The predicted octanol–water partition coefficient (Wildman–Crippen LogP) is 4.65. The standard InChI is InChI=1S/C26H22N4O6/c1-27-21-13(7-9-15-19(35-3)11-17(25(31)32)29-23(15)21)5-6-14-8-10-16-20(36-4)12-18(26(33)34)30-24(16)22(14)28-2/h7-12H,1-2,5-6H2,3-4H3,(H,31,32)(H,33,34). The summed E-state index contributed by atoms with van der Waals surface area (Å²) in [7, 11) is 2.91. The lowest BCUT2D eigenvalue weighted by Gasteiger charge is -2.14. The zero-order valence-corrected chi connectivity index (χ0v) is 19.6. The van der Waals surface area contributed by atoms with Crippen LogP contribution in [0.15, 0.2) is 46.4 Å². The fourth-order valence-corrected chi connectivity index (χ4v) is 4.16. The van der Waals surface area contributed by atoms with Crippen molar-refractivity contribution in [2.75, 3.05) is 14.2 Å². The van der Waals surface area contributed by atoms with Gasteiger partial charge in [0.2, 0.25) is 0 Å². The van der Waals surface area contributed by atoms with Gasteiger partial charge >= 0.3 is 11.9 Å². The molecule has 0 spiro atoms. The number of aromatic nitrogens is 2. The van der Waals surface area contributed by atoms with E-state index in [2.05, 4.69) is 33.4 Å². The summed E-state index contributed by atoms with van der Waals surface area (Å²) in [5.41, 5.74) is 2.90. The van der Waals surface area contributed by atoms with Gasteiger partial charge in [-0.25, -0.2) is 19.6 Å². The van der Waals surface area contributed by atoms with Gasteiger partial charge in [0.1, 0.15) is 22.5 Å². The fourth-order valence-electron chi connectivity index (χ4n) is 4.16. The molecule has 0 radical (unpaired) electrons. The number of ether oxygens (including phenoxy) is 2. The fraction of sp³-hybridized carbons (Fsp3) is 0.154. The molecule has 0 aliphatic heterocycles. The summed E-state index contributed by atoms with van der Waals surface area (Å²) < 4.78 is 10.7. The second-order valence-electron chi connectivity index (χ2n) is 7.78. The van der Waals surface area contributed by atoms with Crippen molar-refractivity contribution in [3.05, 3.63) is 58.9 Å². The minimum Gasteiger partial charge on any atom is -0.496 e. The third-order valence-electron chi connectivity index (χ3n) is 5.86. The summed E-state index contributed by atoms with van der Waals surface area (Å²) in [4.78, 5) is 40.0. The Hall–Kier alpha value is -4.86. The van der Waals surface area contributed by atoms with E-state index in [0.29, 0.717) is 57.5 Å². The van der Waals surface area contributed by atoms with Crippen LogP contribution in [0, 0.1) is 0 Å². The minimum absolute atomic E-state index is 0.164. The molecule has 0 saturated carbocycles. The van der Waals surface area contributed by atoms with Gasteiger partial charge in [0, 0.05) is 22.9 Å². The maximum Gasteiger partial charge on any atom is 0.354 e. The molecule has 36 heavy (non-hydrogen) atoms. The largest absolute Gasteiger partial charge is 0.496 e. The van der Waals surface area contributed by atoms with E-state index in [0.717, 1.165) is 11.1 Å². The first-order valence-corrected chi connectivity index (χ1v) is 10.7. The van der Waals surface area contributed by atoms with Crippen molar-refractivity contribution < 1.29 is 29.3 Å². The van der Waals surface area contributed by atoms with Crippen molar-refractivity contribution in [2.45, 2.75) is 12.8 Å². The third-order valence-corrected chi connectivity index (χ3v) is 5.86. The maximum atomic E-state index is 11.6. The third kappa shape index (κ3) is 4.20. The summed E-state index contributed by atoms with van der Waals surface area (Å²) in [6.07, 6.45) is 0.963. The monoisotopic (exact) mass is 486 g/mol. The number of aliphatic imine (C=N–C) groups is 2. The van der Waals surface area contributed by atoms with E-state index in [1.807, 2.05) is 12.1 Å². The van der Waals surface area contributed by atoms with Crippen molar-refractivity contribution >= 4 is 58.6 Å². The van der Waals surface area contributed by atoms with Crippen molar-refractivity contribution in [1.82, 2.24) is 9.97 Å². The molecule has 2 aromatic carbocycles. The van der Waals surface area contributed by atoms with E-state index in [9.17, 15) is 19.8 Å². The van der Waals surface area contributed by atoms with Crippen molar-refractivity contribution in [2.24, 2.45) is 9.98 Å². The molecule has 2 heterocycles. The Morgan fingerprint density at radius 1 is 0.778 bits per heavy atom. The number of hydrogen-bond donors (Lipinski definition) is 2. The normalized spacial score (nSPS) is 10.8. The SMILES string of the molecule is C=Nc1c(CCc2ccc3c(OC)cc(C(=O)O)nc3c2N=C)ccc2c(OC)cc(C(=O)O)nc12. The lowest BCUT2D eigenvalue weighted by molar-refractivity contribution is 0.0680. The molecule has 0 bridgehead atoms. The van der Waals surface area contributed by atoms with Crippen LogP contribution in [0.1, 0.15) is 32.1 Å². The van der Waals surface area contributed by atoms with Crippen LogP contribution in [0.2, 0.25) is 0 Å².